The van der Waals surface area contributed by atoms with Crippen LogP contribution in [0.15, 0.2) is 53.9 Å². The van der Waals surface area contributed by atoms with Crippen LogP contribution in [0.3, 0.4) is 0 Å². The maximum atomic E-state index is 10.8. The minimum absolute atomic E-state index is 0.0423. The van der Waals surface area contributed by atoms with Crippen molar-refractivity contribution in [3.63, 3.8) is 0 Å². The van der Waals surface area contributed by atoms with Gasteiger partial charge in [-0.05, 0) is 71.2 Å². The van der Waals surface area contributed by atoms with Gasteiger partial charge in [-0.3, -0.25) is 0 Å². The van der Waals surface area contributed by atoms with Crippen molar-refractivity contribution < 1.29 is 14.9 Å². The third-order valence-electron chi connectivity index (χ3n) is 5.39. The molecule has 0 atom stereocenters. The first-order valence-electron chi connectivity index (χ1n) is 9.73. The fourth-order valence-electron chi connectivity index (χ4n) is 3.38. The van der Waals surface area contributed by atoms with Gasteiger partial charge in [-0.2, -0.15) is 0 Å². The monoisotopic (exact) mass is 396 g/mol. The van der Waals surface area contributed by atoms with E-state index in [9.17, 15) is 5.11 Å². The molecule has 0 aliphatic carbocycles. The lowest BCUT2D eigenvalue weighted by atomic mass is 9.86. The molecule has 4 heteroatoms. The van der Waals surface area contributed by atoms with Crippen molar-refractivity contribution in [3.8, 4) is 16.9 Å². The molecule has 0 aliphatic rings. The molecule has 0 amide bonds. The molecule has 0 saturated carbocycles. The molecular formula is C24H28O3S. The van der Waals surface area contributed by atoms with Crippen LogP contribution >= 0.6 is 11.3 Å². The summed E-state index contributed by atoms with van der Waals surface area (Å²) in [6, 6.07) is 15.9. The molecule has 28 heavy (non-hydrogen) atoms. The second-order valence-corrected chi connectivity index (χ2v) is 8.16. The zero-order valence-corrected chi connectivity index (χ0v) is 17.6. The number of rotatable bonds is 8. The van der Waals surface area contributed by atoms with Gasteiger partial charge in [-0.1, -0.05) is 44.2 Å². The molecule has 0 bridgehead atoms. The Kier molecular flexibility index (Phi) is 6.55. The molecule has 2 N–H and O–H groups in total. The Morgan fingerprint density at radius 1 is 1.00 bits per heavy atom. The molecule has 148 valence electrons. The molecule has 3 rings (SSSR count). The van der Waals surface area contributed by atoms with Crippen molar-refractivity contribution in [2.75, 3.05) is 0 Å². The lowest BCUT2D eigenvalue weighted by molar-refractivity contribution is 0.0283. The average Bonchev–Trinajstić information content (AvgIpc) is 3.20. The Bertz CT molecular complexity index is 908. The highest BCUT2D eigenvalue weighted by molar-refractivity contribution is 7.10. The Hall–Kier alpha value is -2.14. The first-order chi connectivity index (χ1) is 13.5. The summed E-state index contributed by atoms with van der Waals surface area (Å²) in [4.78, 5) is 1.16. The lowest BCUT2D eigenvalue weighted by Gasteiger charge is -2.26. The summed E-state index contributed by atoms with van der Waals surface area (Å²) in [6.45, 7) is 6.71. The number of hydrogen-bond acceptors (Lipinski definition) is 4. The van der Waals surface area contributed by atoms with Gasteiger partial charge in [0, 0.05) is 4.88 Å². The van der Waals surface area contributed by atoms with E-state index in [1.807, 2.05) is 44.2 Å². The zero-order valence-electron chi connectivity index (χ0n) is 16.7. The van der Waals surface area contributed by atoms with Crippen molar-refractivity contribution >= 4 is 11.3 Å². The molecular weight excluding hydrogens is 368 g/mol. The topological polar surface area (TPSA) is 49.7 Å². The van der Waals surface area contributed by atoms with Crippen LogP contribution in [0.25, 0.3) is 11.1 Å². The summed E-state index contributed by atoms with van der Waals surface area (Å²) in [6.07, 6.45) is 1.42. The summed E-state index contributed by atoms with van der Waals surface area (Å²) in [5, 5.41) is 22.0. The van der Waals surface area contributed by atoms with E-state index in [4.69, 9.17) is 9.84 Å². The van der Waals surface area contributed by atoms with Crippen molar-refractivity contribution in [1.82, 2.24) is 0 Å². The van der Waals surface area contributed by atoms with Gasteiger partial charge < -0.3 is 14.9 Å². The largest absolute Gasteiger partial charge is 0.488 e. The van der Waals surface area contributed by atoms with Crippen LogP contribution in [0.4, 0.5) is 0 Å². The molecule has 2 aromatic carbocycles. The third-order valence-corrected chi connectivity index (χ3v) is 6.30. The molecule has 0 radical (unpaired) electrons. The standard InChI is InChI=1S/C24H28O3S/c1-4-24(26,5-2)20-8-11-23(17(3)12-20)19-13-22(28-16-19)15-27-21-9-6-18(14-25)7-10-21/h6-13,16,25-26H,4-5,14-15H2,1-3H3. The lowest BCUT2D eigenvalue weighted by Crippen LogP contribution is -2.23. The normalized spacial score (nSPS) is 11.6. The fourth-order valence-corrected chi connectivity index (χ4v) is 4.17. The predicted octanol–water partition coefficient (Wildman–Crippen LogP) is 5.80. The number of aliphatic hydroxyl groups excluding tert-OH is 1. The minimum Gasteiger partial charge on any atom is -0.488 e. The smallest absolute Gasteiger partial charge is 0.122 e. The number of hydrogen-bond donors (Lipinski definition) is 2. The van der Waals surface area contributed by atoms with Crippen LogP contribution in [0.2, 0.25) is 0 Å². The van der Waals surface area contributed by atoms with E-state index in [1.54, 1.807) is 11.3 Å². The van der Waals surface area contributed by atoms with Crippen LogP contribution < -0.4 is 4.74 Å². The SMILES string of the molecule is CCC(O)(CC)c1ccc(-c2csc(COc3ccc(CO)cc3)c2)c(C)c1. The van der Waals surface area contributed by atoms with Crippen molar-refractivity contribution in [2.24, 2.45) is 0 Å². The molecule has 1 heterocycles. The van der Waals surface area contributed by atoms with E-state index in [0.717, 1.165) is 21.8 Å². The van der Waals surface area contributed by atoms with Gasteiger partial charge >= 0.3 is 0 Å². The van der Waals surface area contributed by atoms with Gasteiger partial charge in [0.25, 0.3) is 0 Å². The first-order valence-corrected chi connectivity index (χ1v) is 10.6. The highest BCUT2D eigenvalue weighted by atomic mass is 32.1. The van der Waals surface area contributed by atoms with Gasteiger partial charge in [0.1, 0.15) is 12.4 Å². The number of aryl methyl sites for hydroxylation is 1. The van der Waals surface area contributed by atoms with Crippen LogP contribution in [-0.2, 0) is 18.8 Å². The van der Waals surface area contributed by atoms with Gasteiger partial charge in [0.15, 0.2) is 0 Å². The van der Waals surface area contributed by atoms with E-state index in [0.29, 0.717) is 19.4 Å². The first kappa shape index (κ1) is 20.6. The van der Waals surface area contributed by atoms with Gasteiger partial charge in [0.2, 0.25) is 0 Å². The van der Waals surface area contributed by atoms with Crippen LogP contribution in [0.1, 0.15) is 48.3 Å². The Morgan fingerprint density at radius 2 is 1.71 bits per heavy atom. The highest BCUT2D eigenvalue weighted by Crippen LogP contribution is 2.34. The Labute approximate surface area is 171 Å². The fraction of sp³-hybridized carbons (Fsp3) is 0.333. The second-order valence-electron chi connectivity index (χ2n) is 7.16. The summed E-state index contributed by atoms with van der Waals surface area (Å²) in [5.41, 5.74) is 4.66. The molecule has 0 spiro atoms. The Morgan fingerprint density at radius 3 is 2.32 bits per heavy atom. The van der Waals surface area contributed by atoms with Crippen molar-refractivity contribution in [2.45, 2.75) is 52.4 Å². The van der Waals surface area contributed by atoms with Crippen LogP contribution in [-0.4, -0.2) is 10.2 Å². The number of ether oxygens (including phenoxy) is 1. The average molecular weight is 397 g/mol. The summed E-state index contributed by atoms with van der Waals surface area (Å²) >= 11 is 1.68. The van der Waals surface area contributed by atoms with E-state index >= 15 is 0 Å². The van der Waals surface area contributed by atoms with Crippen molar-refractivity contribution in [3.05, 3.63) is 75.5 Å². The molecule has 3 nitrogen and oxygen atoms in total. The molecule has 0 saturated heterocycles. The van der Waals surface area contributed by atoms with E-state index in [-0.39, 0.29) is 6.61 Å². The molecule has 0 unspecified atom stereocenters. The highest BCUT2D eigenvalue weighted by Gasteiger charge is 2.25. The van der Waals surface area contributed by atoms with Crippen LogP contribution in [0, 0.1) is 6.92 Å². The molecule has 1 aromatic heterocycles. The predicted molar refractivity (Wildman–Crippen MR) is 116 cm³/mol. The third kappa shape index (κ3) is 4.46. The van der Waals surface area contributed by atoms with Gasteiger partial charge in [-0.15, -0.1) is 11.3 Å². The quantitative estimate of drug-likeness (QED) is 0.506. The van der Waals surface area contributed by atoms with Crippen LogP contribution in [0.5, 0.6) is 5.75 Å². The minimum atomic E-state index is -0.748. The maximum Gasteiger partial charge on any atom is 0.122 e. The van der Waals surface area contributed by atoms with Gasteiger partial charge in [0.05, 0.1) is 12.2 Å². The zero-order chi connectivity index (χ0) is 20.1. The molecule has 0 aliphatic heterocycles. The maximum absolute atomic E-state index is 10.8. The van der Waals surface area contributed by atoms with Gasteiger partial charge in [-0.25, -0.2) is 0 Å². The van der Waals surface area contributed by atoms with E-state index in [1.165, 1.54) is 16.7 Å². The number of thiophene rings is 1. The number of benzene rings is 2. The summed E-state index contributed by atoms with van der Waals surface area (Å²) in [7, 11) is 0. The summed E-state index contributed by atoms with van der Waals surface area (Å²) < 4.78 is 5.86. The molecule has 0 fully saturated rings. The Balaban J connectivity index is 1.72. The van der Waals surface area contributed by atoms with Crippen molar-refractivity contribution in [1.29, 1.82) is 0 Å². The second kappa shape index (κ2) is 8.91. The molecule has 3 aromatic rings. The van der Waals surface area contributed by atoms with E-state index in [2.05, 4.69) is 30.5 Å². The van der Waals surface area contributed by atoms with E-state index < -0.39 is 5.60 Å². The number of aliphatic hydroxyl groups is 2. The summed E-state index contributed by atoms with van der Waals surface area (Å²) in [5.74, 6) is 0.797.